The summed E-state index contributed by atoms with van der Waals surface area (Å²) in [4.78, 5) is 90.7. The Morgan fingerprint density at radius 1 is 0.340 bits per heavy atom. The second-order valence-electron chi connectivity index (χ2n) is 27.1. The maximum Gasteiger partial charge on any atom is 0.222 e. The highest BCUT2D eigenvalue weighted by atomic mass is 16.7. The lowest BCUT2D eigenvalue weighted by molar-refractivity contribution is -0.282. The molecule has 0 bridgehead atoms. The topological polar surface area (TPSA) is 427 Å². The Kier molecular flexibility index (Phi) is 49.1. The molecule has 3 aliphatic heterocycles. The van der Waals surface area contributed by atoms with Gasteiger partial charge in [-0.2, -0.15) is 0 Å². The minimum atomic E-state index is -1.22. The van der Waals surface area contributed by atoms with Crippen molar-refractivity contribution < 1.29 is 132 Å². The van der Waals surface area contributed by atoms with Gasteiger partial charge in [0.25, 0.3) is 0 Å². The number of aliphatic hydroxyl groups is 9. The highest BCUT2D eigenvalue weighted by Gasteiger charge is 2.45. The lowest BCUT2D eigenvalue weighted by Gasteiger charge is -2.40. The van der Waals surface area contributed by atoms with Crippen LogP contribution in [0.25, 0.3) is 0 Å². The predicted molar refractivity (Wildman–Crippen MR) is 362 cm³/mol. The number of unbranched alkanes of at least 4 members (excludes halogenated alkanes) is 7. The fourth-order valence-corrected chi connectivity index (χ4v) is 11.8. The number of ketones is 5. The average Bonchev–Trinajstić information content (AvgIpc) is 0.845. The number of hydrogen-bond acceptors (Lipinski definition) is 27. The van der Waals surface area contributed by atoms with Crippen LogP contribution < -0.4 is 10.6 Å². The molecule has 15 unspecified atom stereocenters. The first-order valence-electron chi connectivity index (χ1n) is 36.8. The van der Waals surface area contributed by atoms with Crippen LogP contribution in [0.4, 0.5) is 0 Å². The van der Waals surface area contributed by atoms with Crippen LogP contribution in [0.5, 0.6) is 0 Å². The Morgan fingerprint density at radius 2 is 0.650 bits per heavy atom. The van der Waals surface area contributed by atoms with Crippen LogP contribution in [0.1, 0.15) is 195 Å². The second-order valence-corrected chi connectivity index (χ2v) is 27.1. The van der Waals surface area contributed by atoms with Gasteiger partial charge in [0.1, 0.15) is 65.5 Å². The molecule has 0 radical (unpaired) electrons. The molecule has 3 saturated heterocycles. The van der Waals surface area contributed by atoms with Crippen molar-refractivity contribution in [2.45, 2.75) is 268 Å². The van der Waals surface area contributed by atoms with E-state index in [-0.39, 0.29) is 165 Å². The molecule has 100 heavy (non-hydrogen) atoms. The van der Waals surface area contributed by atoms with Crippen molar-refractivity contribution in [3.05, 3.63) is 0 Å². The number of rotatable bonds is 62. The average molecular weight is 1440 g/mol. The first kappa shape index (κ1) is 90.7. The van der Waals surface area contributed by atoms with E-state index in [0.29, 0.717) is 136 Å². The highest BCUT2D eigenvalue weighted by Crippen LogP contribution is 2.31. The van der Waals surface area contributed by atoms with Crippen molar-refractivity contribution in [2.75, 3.05) is 119 Å². The highest BCUT2D eigenvalue weighted by molar-refractivity contribution is 5.80. The van der Waals surface area contributed by atoms with E-state index in [0.717, 1.165) is 6.42 Å². The molecule has 0 aromatic rings. The van der Waals surface area contributed by atoms with Gasteiger partial charge in [-0.3, -0.25) is 33.6 Å². The van der Waals surface area contributed by atoms with Gasteiger partial charge in [-0.1, -0.05) is 40.5 Å². The Bertz CT molecular complexity index is 2020. The third-order valence-electron chi connectivity index (χ3n) is 18.3. The fraction of sp³-hybridized carbons (Fsp3) is 0.901. The SMILES string of the molecule is CCCOCCOCCC(=O)CC(COCCC(=O)CCCCCC(=O)CCCCOC1OC(CO)C(O)C(O)C1C)(COCCC(=O)CCCCCC(=O)CCCCOC1OC(CO)C(O)C(O)C1C)COCCC(=O)NCCCNC(=O)CCCCOC1OC(CO)C(O)C(O)C1C. The molecule has 582 valence electrons. The first-order valence-corrected chi connectivity index (χ1v) is 36.8. The largest absolute Gasteiger partial charge is 0.394 e. The van der Waals surface area contributed by atoms with Gasteiger partial charge < -0.3 is 109 Å². The van der Waals surface area contributed by atoms with E-state index in [9.17, 15) is 79.5 Å². The smallest absolute Gasteiger partial charge is 0.222 e. The molecule has 0 spiro atoms. The molecule has 3 aliphatic rings. The zero-order valence-corrected chi connectivity index (χ0v) is 60.1. The van der Waals surface area contributed by atoms with Gasteiger partial charge >= 0.3 is 0 Å². The van der Waals surface area contributed by atoms with Crippen molar-refractivity contribution in [1.82, 2.24) is 10.6 Å². The molecule has 3 heterocycles. The number of carbonyl (C=O) groups excluding carboxylic acids is 7. The van der Waals surface area contributed by atoms with E-state index in [2.05, 4.69) is 10.6 Å². The molecular weight excluding hydrogens is 1310 g/mol. The van der Waals surface area contributed by atoms with Crippen molar-refractivity contribution in [1.29, 1.82) is 0 Å². The van der Waals surface area contributed by atoms with Gasteiger partial charge in [0.2, 0.25) is 11.8 Å². The van der Waals surface area contributed by atoms with Crippen molar-refractivity contribution in [2.24, 2.45) is 23.2 Å². The van der Waals surface area contributed by atoms with E-state index in [4.69, 9.17) is 52.1 Å². The molecule has 3 rings (SSSR count). The van der Waals surface area contributed by atoms with Gasteiger partial charge in [-0.25, -0.2) is 0 Å². The molecule has 0 saturated carbocycles. The van der Waals surface area contributed by atoms with Gasteiger partial charge in [0.05, 0.1) is 97.6 Å². The van der Waals surface area contributed by atoms with Crippen LogP contribution in [-0.2, 0) is 85.7 Å². The Hall–Kier alpha value is -3.51. The van der Waals surface area contributed by atoms with Crippen LogP contribution in [0.15, 0.2) is 0 Å². The maximum atomic E-state index is 13.8. The van der Waals surface area contributed by atoms with Crippen LogP contribution >= 0.6 is 0 Å². The Morgan fingerprint density at radius 3 is 1.02 bits per heavy atom. The van der Waals surface area contributed by atoms with Crippen LogP contribution in [0.3, 0.4) is 0 Å². The van der Waals surface area contributed by atoms with Crippen LogP contribution in [-0.4, -0.2) is 279 Å². The third kappa shape index (κ3) is 37.5. The summed E-state index contributed by atoms with van der Waals surface area (Å²) in [5.74, 6) is -2.03. The zero-order valence-electron chi connectivity index (χ0n) is 60.1. The van der Waals surface area contributed by atoms with Crippen molar-refractivity contribution in [3.63, 3.8) is 0 Å². The molecule has 2 amide bonds. The van der Waals surface area contributed by atoms with Gasteiger partial charge in [-0.05, 0) is 77.0 Å². The number of carbonyl (C=O) groups is 7. The van der Waals surface area contributed by atoms with Gasteiger partial charge in [-0.15, -0.1) is 0 Å². The van der Waals surface area contributed by atoms with E-state index in [1.54, 1.807) is 20.8 Å². The quantitative estimate of drug-likeness (QED) is 0.0390. The molecule has 29 nitrogen and oxygen atoms in total. The number of hydrogen-bond donors (Lipinski definition) is 11. The van der Waals surface area contributed by atoms with Crippen molar-refractivity contribution in [3.8, 4) is 0 Å². The summed E-state index contributed by atoms with van der Waals surface area (Å²) in [5.41, 5.74) is -1.10. The minimum Gasteiger partial charge on any atom is -0.394 e. The molecule has 29 heteroatoms. The van der Waals surface area contributed by atoms with E-state index < -0.39 is 117 Å². The maximum absolute atomic E-state index is 13.8. The second kappa shape index (κ2) is 54.1. The first-order chi connectivity index (χ1) is 48.1. The molecule has 0 aromatic heterocycles. The lowest BCUT2D eigenvalue weighted by atomic mass is 9.84. The van der Waals surface area contributed by atoms with Crippen LogP contribution in [0, 0.1) is 23.2 Å². The Labute approximate surface area is 591 Å². The number of ether oxygens (including phenoxy) is 11. The number of Topliss-reactive ketones (excluding diaryl/α,β-unsaturated/α-hetero) is 5. The van der Waals surface area contributed by atoms with E-state index in [1.165, 1.54) is 0 Å². The summed E-state index contributed by atoms with van der Waals surface area (Å²) in [7, 11) is 0. The summed E-state index contributed by atoms with van der Waals surface area (Å²) in [6, 6.07) is 0. The zero-order chi connectivity index (χ0) is 73.5. The van der Waals surface area contributed by atoms with E-state index in [1.807, 2.05) is 6.92 Å². The van der Waals surface area contributed by atoms with Gasteiger partial charge in [0, 0.05) is 140 Å². The number of nitrogens with one attached hydrogen (secondary N) is 2. The predicted octanol–water partition coefficient (Wildman–Crippen LogP) is 2.57. The molecule has 0 aliphatic carbocycles. The molecule has 11 N–H and O–H groups in total. The summed E-state index contributed by atoms with van der Waals surface area (Å²) in [5, 5.41) is 95.1. The summed E-state index contributed by atoms with van der Waals surface area (Å²) in [6.45, 7) is 8.34. The molecular formula is C71H126N2O27. The number of aliphatic hydroxyl groups excluding tert-OH is 9. The molecule has 3 fully saturated rings. The van der Waals surface area contributed by atoms with Crippen molar-refractivity contribution >= 4 is 40.7 Å². The molecule has 15 atom stereocenters. The lowest BCUT2D eigenvalue weighted by Crippen LogP contribution is -2.55. The Balaban J connectivity index is 1.48. The van der Waals surface area contributed by atoms with Crippen LogP contribution in [0.2, 0.25) is 0 Å². The standard InChI is InChI=1S/C71H126N2O27/c1-5-32-90-40-41-91-36-28-56(81)42-71(46-92-37-26-54(79)21-10-6-8-19-52(77)23-12-15-33-95-68-49(2)62(84)65(87)57(43-74)98-68,47-93-38-27-55(80)22-11-7-9-20-53(78)24-13-16-34-96-69-50(3)63(85)66(88)58(44-75)99-69)48-94-39-29-61(83)73-31-18-30-72-60(82)25-14-17-35-97-70-51(4)64(86)67(89)59(45-76)100-70/h49-51,57-59,62-70,74-76,84-89H,5-48H2,1-4H3,(H,72,82)(H,73,83). The normalized spacial score (nSPS) is 26.1. The third-order valence-corrected chi connectivity index (χ3v) is 18.3. The summed E-state index contributed by atoms with van der Waals surface area (Å²) >= 11 is 0. The monoisotopic (exact) mass is 1440 g/mol. The summed E-state index contributed by atoms with van der Waals surface area (Å²) < 4.78 is 63.7. The minimum absolute atomic E-state index is 0.0243. The number of amides is 2. The fourth-order valence-electron chi connectivity index (χ4n) is 11.8. The van der Waals surface area contributed by atoms with E-state index >= 15 is 0 Å². The molecule has 0 aromatic carbocycles. The summed E-state index contributed by atoms with van der Waals surface area (Å²) in [6.07, 6.45) is -1.28. The van der Waals surface area contributed by atoms with Gasteiger partial charge in [0.15, 0.2) is 18.9 Å².